The van der Waals surface area contributed by atoms with Crippen molar-refractivity contribution in [2.45, 2.75) is 28.6 Å². The first kappa shape index (κ1) is 13.4. The highest BCUT2D eigenvalue weighted by molar-refractivity contribution is 8.01. The molecule has 0 amide bonds. The molecule has 0 aliphatic rings. The third-order valence-electron chi connectivity index (χ3n) is 2.15. The molecule has 1 aromatic heterocycles. The molecule has 0 bridgehead atoms. The zero-order valence-electron chi connectivity index (χ0n) is 9.56. The summed E-state index contributed by atoms with van der Waals surface area (Å²) >= 11 is 2.04. The lowest BCUT2D eigenvalue weighted by atomic mass is 10.1. The fraction of sp³-hybridized carbons (Fsp3) is 0.273. The molecular weight excluding hydrogens is 276 g/mol. The Hall–Kier alpha value is -1.05. The van der Waals surface area contributed by atoms with Gasteiger partial charge in [0.05, 0.1) is 4.90 Å². The number of hydrogen-bond donors (Lipinski definition) is 1. The Bertz CT molecular complexity index is 506. The molecule has 0 fully saturated rings. The minimum absolute atomic E-state index is 0.0554. The molecular formula is C11H11F2N3S2. The van der Waals surface area contributed by atoms with Crippen LogP contribution in [0.4, 0.5) is 8.78 Å². The van der Waals surface area contributed by atoms with Gasteiger partial charge < -0.3 is 5.73 Å². The van der Waals surface area contributed by atoms with Gasteiger partial charge in [0.2, 0.25) is 0 Å². The second-order valence-corrected chi connectivity index (χ2v) is 5.92. The van der Waals surface area contributed by atoms with E-state index in [0.717, 1.165) is 23.3 Å². The zero-order valence-corrected chi connectivity index (χ0v) is 11.2. The molecule has 18 heavy (non-hydrogen) atoms. The van der Waals surface area contributed by atoms with E-state index >= 15 is 0 Å². The highest BCUT2D eigenvalue weighted by atomic mass is 32.2. The predicted octanol–water partition coefficient (Wildman–Crippen LogP) is 2.86. The molecule has 7 heteroatoms. The summed E-state index contributed by atoms with van der Waals surface area (Å²) in [6.45, 7) is 1.79. The smallest absolute Gasteiger partial charge is 0.174 e. The van der Waals surface area contributed by atoms with Crippen LogP contribution in [-0.2, 0) is 6.42 Å². The van der Waals surface area contributed by atoms with E-state index in [1.807, 2.05) is 0 Å². The van der Waals surface area contributed by atoms with E-state index in [9.17, 15) is 8.78 Å². The van der Waals surface area contributed by atoms with Crippen LogP contribution in [0.5, 0.6) is 0 Å². The van der Waals surface area contributed by atoms with Gasteiger partial charge in [0.25, 0.3) is 0 Å². The normalized spacial score (nSPS) is 12.7. The second-order valence-electron chi connectivity index (χ2n) is 3.88. The maximum atomic E-state index is 13.8. The van der Waals surface area contributed by atoms with Gasteiger partial charge in [0.15, 0.2) is 4.34 Å². The SMILES string of the molecule is CC(N)Cc1cc(F)c(Sc2ncns2)c(F)c1. The van der Waals surface area contributed by atoms with Crippen LogP contribution in [0.1, 0.15) is 12.5 Å². The fourth-order valence-corrected chi connectivity index (χ4v) is 2.89. The first-order valence-electron chi connectivity index (χ1n) is 5.24. The molecule has 2 rings (SSSR count). The van der Waals surface area contributed by atoms with Crippen molar-refractivity contribution in [2.75, 3.05) is 0 Å². The Morgan fingerprint density at radius 3 is 2.56 bits per heavy atom. The third kappa shape index (κ3) is 3.24. The van der Waals surface area contributed by atoms with Gasteiger partial charge in [-0.2, -0.15) is 4.37 Å². The van der Waals surface area contributed by atoms with Crippen molar-refractivity contribution in [3.8, 4) is 0 Å². The quantitative estimate of drug-likeness (QED) is 0.939. The molecule has 1 aromatic carbocycles. The molecule has 2 N–H and O–H groups in total. The van der Waals surface area contributed by atoms with Gasteiger partial charge in [-0.25, -0.2) is 13.8 Å². The first-order chi connectivity index (χ1) is 8.56. The van der Waals surface area contributed by atoms with Gasteiger partial charge in [0, 0.05) is 6.04 Å². The van der Waals surface area contributed by atoms with Crippen molar-refractivity contribution in [2.24, 2.45) is 5.73 Å². The van der Waals surface area contributed by atoms with Crippen LogP contribution in [0.15, 0.2) is 27.7 Å². The van der Waals surface area contributed by atoms with Crippen molar-refractivity contribution in [1.82, 2.24) is 9.36 Å². The zero-order chi connectivity index (χ0) is 13.1. The standard InChI is InChI=1S/C11H11F2N3S2/c1-6(14)2-7-3-8(12)10(9(13)4-7)17-11-15-5-16-18-11/h3-6H,2,14H2,1H3. The molecule has 0 aliphatic carbocycles. The van der Waals surface area contributed by atoms with E-state index in [2.05, 4.69) is 9.36 Å². The van der Waals surface area contributed by atoms with E-state index in [-0.39, 0.29) is 10.9 Å². The Morgan fingerprint density at radius 2 is 2.06 bits per heavy atom. The molecule has 1 atom stereocenters. The molecule has 0 saturated heterocycles. The minimum Gasteiger partial charge on any atom is -0.328 e. The number of nitrogens with zero attached hydrogens (tertiary/aromatic N) is 2. The molecule has 1 heterocycles. The van der Waals surface area contributed by atoms with Crippen molar-refractivity contribution in [3.05, 3.63) is 35.7 Å². The lowest BCUT2D eigenvalue weighted by Gasteiger charge is -2.08. The van der Waals surface area contributed by atoms with E-state index in [1.165, 1.54) is 18.5 Å². The van der Waals surface area contributed by atoms with Crippen LogP contribution in [0.2, 0.25) is 0 Å². The van der Waals surface area contributed by atoms with Gasteiger partial charge in [0.1, 0.15) is 18.0 Å². The largest absolute Gasteiger partial charge is 0.328 e. The molecule has 0 radical (unpaired) electrons. The van der Waals surface area contributed by atoms with Crippen LogP contribution in [0.25, 0.3) is 0 Å². The summed E-state index contributed by atoms with van der Waals surface area (Å²) in [5.41, 5.74) is 6.16. The van der Waals surface area contributed by atoms with Crippen molar-refractivity contribution < 1.29 is 8.78 Å². The van der Waals surface area contributed by atoms with Gasteiger partial charge >= 0.3 is 0 Å². The topological polar surface area (TPSA) is 51.8 Å². The van der Waals surface area contributed by atoms with Gasteiger partial charge in [-0.05, 0) is 42.6 Å². The molecule has 0 spiro atoms. The number of rotatable bonds is 4. The third-order valence-corrected chi connectivity index (χ3v) is 3.96. The van der Waals surface area contributed by atoms with Crippen LogP contribution >= 0.6 is 23.3 Å². The maximum absolute atomic E-state index is 13.8. The average molecular weight is 287 g/mol. The van der Waals surface area contributed by atoms with Crippen LogP contribution in [-0.4, -0.2) is 15.4 Å². The van der Waals surface area contributed by atoms with Gasteiger partial charge in [-0.1, -0.05) is 11.8 Å². The van der Waals surface area contributed by atoms with E-state index in [4.69, 9.17) is 5.73 Å². The summed E-state index contributed by atoms with van der Waals surface area (Å²) < 4.78 is 31.9. The minimum atomic E-state index is -0.592. The summed E-state index contributed by atoms with van der Waals surface area (Å²) in [5.74, 6) is -1.18. The van der Waals surface area contributed by atoms with Gasteiger partial charge in [-0.15, -0.1) is 0 Å². The highest BCUT2D eigenvalue weighted by Gasteiger charge is 2.14. The summed E-state index contributed by atoms with van der Waals surface area (Å²) in [6.07, 6.45) is 1.80. The summed E-state index contributed by atoms with van der Waals surface area (Å²) in [6, 6.07) is 2.50. The van der Waals surface area contributed by atoms with Crippen LogP contribution in [0.3, 0.4) is 0 Å². The number of hydrogen-bond acceptors (Lipinski definition) is 5. The van der Waals surface area contributed by atoms with Gasteiger partial charge in [-0.3, -0.25) is 0 Å². The number of benzene rings is 1. The second kappa shape index (κ2) is 5.73. The maximum Gasteiger partial charge on any atom is 0.174 e. The molecule has 1 unspecified atom stereocenters. The Morgan fingerprint density at radius 1 is 1.39 bits per heavy atom. The van der Waals surface area contributed by atoms with Crippen molar-refractivity contribution in [1.29, 1.82) is 0 Å². The van der Waals surface area contributed by atoms with Crippen molar-refractivity contribution in [3.63, 3.8) is 0 Å². The van der Waals surface area contributed by atoms with Crippen LogP contribution < -0.4 is 5.73 Å². The number of halogens is 2. The van der Waals surface area contributed by atoms with Crippen LogP contribution in [0, 0.1) is 11.6 Å². The highest BCUT2D eigenvalue weighted by Crippen LogP contribution is 2.33. The van der Waals surface area contributed by atoms with E-state index in [1.54, 1.807) is 6.92 Å². The Balaban J connectivity index is 2.26. The average Bonchev–Trinajstić information content (AvgIpc) is 2.75. The lowest BCUT2D eigenvalue weighted by molar-refractivity contribution is 0.535. The Kier molecular flexibility index (Phi) is 4.26. The molecule has 0 saturated carbocycles. The summed E-state index contributed by atoms with van der Waals surface area (Å²) in [5, 5.41) is 0. The lowest BCUT2D eigenvalue weighted by Crippen LogP contribution is -2.18. The monoisotopic (exact) mass is 287 g/mol. The van der Waals surface area contributed by atoms with E-state index in [0.29, 0.717) is 16.3 Å². The van der Waals surface area contributed by atoms with Crippen molar-refractivity contribution >= 4 is 23.3 Å². The fourth-order valence-electron chi connectivity index (χ4n) is 1.49. The predicted molar refractivity (Wildman–Crippen MR) is 67.7 cm³/mol. The first-order valence-corrected chi connectivity index (χ1v) is 6.83. The summed E-state index contributed by atoms with van der Waals surface area (Å²) in [7, 11) is 0. The Labute approximate surface area is 112 Å². The van der Waals surface area contributed by atoms with E-state index < -0.39 is 11.6 Å². The molecule has 96 valence electrons. The molecule has 3 nitrogen and oxygen atoms in total. The number of aromatic nitrogens is 2. The summed E-state index contributed by atoms with van der Waals surface area (Å²) in [4.78, 5) is 3.83. The molecule has 0 aliphatic heterocycles. The number of nitrogens with two attached hydrogens (primary N) is 1. The molecule has 2 aromatic rings.